The number of aromatic nitrogens is 2. The number of sulfonamides is 1. The summed E-state index contributed by atoms with van der Waals surface area (Å²) in [5, 5.41) is 3.94. The first-order chi connectivity index (χ1) is 12.8. The minimum Gasteiger partial charge on any atom is -0.496 e. The van der Waals surface area contributed by atoms with Gasteiger partial charge in [-0.3, -0.25) is 0 Å². The summed E-state index contributed by atoms with van der Waals surface area (Å²) >= 11 is 0. The minimum atomic E-state index is -3.73. The van der Waals surface area contributed by atoms with Crippen LogP contribution in [0.1, 0.15) is 22.6 Å². The van der Waals surface area contributed by atoms with E-state index in [1.54, 1.807) is 33.1 Å². The molecule has 0 saturated heterocycles. The van der Waals surface area contributed by atoms with Crippen LogP contribution in [-0.4, -0.2) is 25.7 Å². The quantitative estimate of drug-likeness (QED) is 0.698. The molecule has 3 aromatic rings. The van der Waals surface area contributed by atoms with Gasteiger partial charge in [0.1, 0.15) is 5.75 Å². The highest BCUT2D eigenvalue weighted by atomic mass is 32.2. The first kappa shape index (κ1) is 19.1. The third-order valence-corrected chi connectivity index (χ3v) is 5.79. The van der Waals surface area contributed by atoms with Gasteiger partial charge in [-0.05, 0) is 49.6 Å². The second-order valence-corrected chi connectivity index (χ2v) is 7.97. The molecule has 0 unspecified atom stereocenters. The number of methoxy groups -OCH3 is 1. The average molecular weight is 387 g/mol. The van der Waals surface area contributed by atoms with Crippen LogP contribution in [-0.2, 0) is 16.6 Å². The van der Waals surface area contributed by atoms with Crippen molar-refractivity contribution >= 4 is 10.0 Å². The number of benzene rings is 2. The number of ether oxygens (including phenoxy) is 1. The molecule has 142 valence electrons. The summed E-state index contributed by atoms with van der Waals surface area (Å²) in [6.07, 6.45) is 0. The number of nitrogens with one attached hydrogen (secondary N) is 1. The van der Waals surface area contributed by atoms with Crippen LogP contribution in [0.5, 0.6) is 5.75 Å². The number of hydrogen-bond donors (Lipinski definition) is 1. The van der Waals surface area contributed by atoms with Gasteiger partial charge in [-0.1, -0.05) is 29.4 Å². The van der Waals surface area contributed by atoms with E-state index < -0.39 is 10.0 Å². The van der Waals surface area contributed by atoms with Crippen molar-refractivity contribution in [2.45, 2.75) is 32.2 Å². The summed E-state index contributed by atoms with van der Waals surface area (Å²) in [5.74, 6) is 1.27. The van der Waals surface area contributed by atoms with Crippen molar-refractivity contribution in [2.24, 2.45) is 0 Å². The molecule has 0 radical (unpaired) electrons. The van der Waals surface area contributed by atoms with Crippen molar-refractivity contribution in [1.82, 2.24) is 14.9 Å². The van der Waals surface area contributed by atoms with Crippen LogP contribution in [0, 0.1) is 20.8 Å². The summed E-state index contributed by atoms with van der Waals surface area (Å²) in [6, 6.07) is 10.9. The highest BCUT2D eigenvalue weighted by molar-refractivity contribution is 7.89. The summed E-state index contributed by atoms with van der Waals surface area (Å²) in [5.41, 5.74) is 3.19. The summed E-state index contributed by atoms with van der Waals surface area (Å²) < 4.78 is 38.3. The molecule has 2 aromatic carbocycles. The zero-order valence-corrected chi connectivity index (χ0v) is 16.4. The Kier molecular flexibility index (Phi) is 5.29. The fourth-order valence-electron chi connectivity index (χ4n) is 2.77. The summed E-state index contributed by atoms with van der Waals surface area (Å²) in [4.78, 5) is 4.47. The molecule has 1 aromatic heterocycles. The Hall–Kier alpha value is -2.71. The molecule has 27 heavy (non-hydrogen) atoms. The van der Waals surface area contributed by atoms with Crippen LogP contribution in [0.15, 0.2) is 45.8 Å². The van der Waals surface area contributed by atoms with Crippen molar-refractivity contribution < 1.29 is 17.7 Å². The molecule has 0 amide bonds. The molecule has 0 fully saturated rings. The fraction of sp³-hybridized carbons (Fsp3) is 0.263. The predicted molar refractivity (Wildman–Crippen MR) is 101 cm³/mol. The predicted octanol–water partition coefficient (Wildman–Crippen LogP) is 3.15. The number of aryl methyl sites for hydroxylation is 3. The first-order valence-electron chi connectivity index (χ1n) is 8.35. The van der Waals surface area contributed by atoms with E-state index >= 15 is 0 Å². The monoisotopic (exact) mass is 387 g/mol. The van der Waals surface area contributed by atoms with Gasteiger partial charge in [0.25, 0.3) is 0 Å². The largest absolute Gasteiger partial charge is 0.496 e. The van der Waals surface area contributed by atoms with Crippen molar-refractivity contribution in [2.75, 3.05) is 7.11 Å². The second-order valence-electron chi connectivity index (χ2n) is 6.24. The Morgan fingerprint density at radius 2 is 1.81 bits per heavy atom. The van der Waals surface area contributed by atoms with Gasteiger partial charge in [0, 0.05) is 5.56 Å². The average Bonchev–Trinajstić information content (AvgIpc) is 3.11. The van der Waals surface area contributed by atoms with Gasteiger partial charge >= 0.3 is 0 Å². The maximum absolute atomic E-state index is 12.7. The van der Waals surface area contributed by atoms with Crippen LogP contribution < -0.4 is 9.46 Å². The SMILES string of the molecule is COc1cc(C)c(S(=O)(=O)NCc2nc(-c3ccccc3C)no2)cc1C. The maximum atomic E-state index is 12.7. The fourth-order valence-corrected chi connectivity index (χ4v) is 4.05. The molecule has 8 heteroatoms. The standard InChI is InChI=1S/C19H21N3O4S/c1-12-7-5-6-8-15(12)19-21-18(26-22-19)11-20-27(23,24)17-10-13(2)16(25-4)9-14(17)3/h5-10,20H,11H2,1-4H3. The summed E-state index contributed by atoms with van der Waals surface area (Å²) in [6.45, 7) is 5.37. The van der Waals surface area contributed by atoms with Crippen LogP contribution in [0.2, 0.25) is 0 Å². The Bertz CT molecular complexity index is 1070. The molecule has 3 rings (SSSR count). The third-order valence-electron chi connectivity index (χ3n) is 4.25. The summed E-state index contributed by atoms with van der Waals surface area (Å²) in [7, 11) is -2.18. The van der Waals surface area contributed by atoms with E-state index in [1.807, 2.05) is 31.2 Å². The Labute approximate surface area is 158 Å². The van der Waals surface area contributed by atoms with E-state index in [4.69, 9.17) is 9.26 Å². The highest BCUT2D eigenvalue weighted by Gasteiger charge is 2.20. The zero-order valence-electron chi connectivity index (χ0n) is 15.6. The number of rotatable bonds is 6. The van der Waals surface area contributed by atoms with Crippen molar-refractivity contribution in [3.8, 4) is 17.1 Å². The van der Waals surface area contributed by atoms with E-state index in [-0.39, 0.29) is 17.3 Å². The number of nitrogens with zero attached hydrogens (tertiary/aromatic N) is 2. The topological polar surface area (TPSA) is 94.3 Å². The van der Waals surface area contributed by atoms with E-state index in [0.29, 0.717) is 17.1 Å². The molecule has 0 aliphatic heterocycles. The van der Waals surface area contributed by atoms with Crippen molar-refractivity contribution in [3.05, 3.63) is 59.0 Å². The maximum Gasteiger partial charge on any atom is 0.242 e. The molecule has 0 bridgehead atoms. The van der Waals surface area contributed by atoms with Gasteiger partial charge in [0.05, 0.1) is 18.6 Å². The van der Waals surface area contributed by atoms with Gasteiger partial charge in [0.15, 0.2) is 0 Å². The van der Waals surface area contributed by atoms with Crippen molar-refractivity contribution in [1.29, 1.82) is 0 Å². The molecule has 1 N–H and O–H groups in total. The third kappa shape index (κ3) is 4.01. The number of hydrogen-bond acceptors (Lipinski definition) is 6. The normalized spacial score (nSPS) is 11.6. The molecule has 0 saturated carbocycles. The van der Waals surface area contributed by atoms with E-state index in [1.165, 1.54) is 0 Å². The van der Waals surface area contributed by atoms with Gasteiger partial charge < -0.3 is 9.26 Å². The lowest BCUT2D eigenvalue weighted by atomic mass is 10.1. The molecular formula is C19H21N3O4S. The zero-order chi connectivity index (χ0) is 19.6. The molecule has 0 atom stereocenters. The highest BCUT2D eigenvalue weighted by Crippen LogP contribution is 2.26. The molecule has 0 spiro atoms. The minimum absolute atomic E-state index is 0.0915. The van der Waals surface area contributed by atoms with Crippen LogP contribution in [0.25, 0.3) is 11.4 Å². The van der Waals surface area contributed by atoms with Gasteiger partial charge in [-0.2, -0.15) is 4.98 Å². The molecular weight excluding hydrogens is 366 g/mol. The van der Waals surface area contributed by atoms with Gasteiger partial charge in [-0.15, -0.1) is 0 Å². The second kappa shape index (κ2) is 7.50. The smallest absolute Gasteiger partial charge is 0.242 e. The Balaban J connectivity index is 1.79. The Morgan fingerprint density at radius 1 is 1.07 bits per heavy atom. The van der Waals surface area contributed by atoms with E-state index in [2.05, 4.69) is 14.9 Å². The lowest BCUT2D eigenvalue weighted by Gasteiger charge is -2.12. The lowest BCUT2D eigenvalue weighted by Crippen LogP contribution is -2.24. The lowest BCUT2D eigenvalue weighted by molar-refractivity contribution is 0.376. The molecule has 1 heterocycles. The molecule has 7 nitrogen and oxygen atoms in total. The first-order valence-corrected chi connectivity index (χ1v) is 9.83. The van der Waals surface area contributed by atoms with Crippen LogP contribution in [0.3, 0.4) is 0 Å². The molecule has 0 aliphatic rings. The van der Waals surface area contributed by atoms with Crippen LogP contribution in [0.4, 0.5) is 0 Å². The van der Waals surface area contributed by atoms with Gasteiger partial charge in [0.2, 0.25) is 21.7 Å². The van der Waals surface area contributed by atoms with E-state index in [9.17, 15) is 8.42 Å². The molecule has 0 aliphatic carbocycles. The van der Waals surface area contributed by atoms with Crippen molar-refractivity contribution in [3.63, 3.8) is 0 Å². The Morgan fingerprint density at radius 3 is 2.52 bits per heavy atom. The van der Waals surface area contributed by atoms with Gasteiger partial charge in [-0.25, -0.2) is 13.1 Å². The van der Waals surface area contributed by atoms with E-state index in [0.717, 1.165) is 16.7 Å². The van der Waals surface area contributed by atoms with Crippen LogP contribution >= 0.6 is 0 Å².